The van der Waals surface area contributed by atoms with E-state index in [0.717, 1.165) is 16.8 Å². The maximum absolute atomic E-state index is 12.9. The topological polar surface area (TPSA) is 48.0 Å². The van der Waals surface area contributed by atoms with Crippen molar-refractivity contribution >= 4 is 22.4 Å². The Bertz CT molecular complexity index is 854. The van der Waals surface area contributed by atoms with E-state index in [1.54, 1.807) is 10.6 Å². The Hall–Kier alpha value is -2.10. The number of pyridine rings is 1. The maximum atomic E-state index is 12.9. The van der Waals surface area contributed by atoms with Crippen LogP contribution in [0.3, 0.4) is 0 Å². The van der Waals surface area contributed by atoms with Crippen LogP contribution in [0.4, 0.5) is 0 Å². The molecule has 4 heteroatoms. The lowest BCUT2D eigenvalue weighted by molar-refractivity contribution is 0.734. The summed E-state index contributed by atoms with van der Waals surface area (Å²) in [5.74, 6) is 0. The van der Waals surface area contributed by atoms with Crippen molar-refractivity contribution in [3.63, 3.8) is 0 Å². The fraction of sp³-hybridized carbons (Fsp3) is 0.118. The van der Waals surface area contributed by atoms with E-state index in [1.807, 2.05) is 55.5 Å². The Labute approximate surface area is 127 Å². The molecule has 1 heterocycles. The quantitative estimate of drug-likeness (QED) is 0.785. The molecular formula is C17H15ClN2O. The summed E-state index contributed by atoms with van der Waals surface area (Å²) in [7, 11) is 0. The van der Waals surface area contributed by atoms with Gasteiger partial charge in [-0.1, -0.05) is 41.9 Å². The number of rotatable bonds is 2. The van der Waals surface area contributed by atoms with Gasteiger partial charge in [-0.15, -0.1) is 0 Å². The Morgan fingerprint density at radius 3 is 2.48 bits per heavy atom. The van der Waals surface area contributed by atoms with Crippen molar-refractivity contribution in [2.24, 2.45) is 5.73 Å². The largest absolute Gasteiger partial charge is 0.323 e. The molecule has 106 valence electrons. The zero-order chi connectivity index (χ0) is 15.0. The first-order valence-electron chi connectivity index (χ1n) is 6.75. The van der Waals surface area contributed by atoms with Crippen molar-refractivity contribution in [3.05, 3.63) is 75.7 Å². The minimum atomic E-state index is -0.263. The van der Waals surface area contributed by atoms with Gasteiger partial charge in [0.2, 0.25) is 0 Å². The lowest BCUT2D eigenvalue weighted by Crippen LogP contribution is -2.25. The molecule has 3 nitrogen and oxygen atoms in total. The summed E-state index contributed by atoms with van der Waals surface area (Å²) < 4.78 is 1.64. The zero-order valence-corrected chi connectivity index (χ0v) is 12.3. The molecule has 0 radical (unpaired) electrons. The molecule has 1 unspecified atom stereocenters. The van der Waals surface area contributed by atoms with Crippen LogP contribution in [0.2, 0.25) is 5.02 Å². The van der Waals surface area contributed by atoms with Crippen LogP contribution < -0.4 is 11.3 Å². The lowest BCUT2D eigenvalue weighted by Gasteiger charge is -2.17. The molecule has 2 N–H and O–H groups in total. The van der Waals surface area contributed by atoms with E-state index in [9.17, 15) is 4.79 Å². The summed E-state index contributed by atoms with van der Waals surface area (Å²) in [6, 6.07) is 16.6. The Kier molecular flexibility index (Phi) is 3.53. The lowest BCUT2D eigenvalue weighted by atomic mass is 10.1. The van der Waals surface area contributed by atoms with Crippen molar-refractivity contribution in [3.8, 4) is 5.69 Å². The maximum Gasteiger partial charge on any atom is 0.264 e. The third kappa shape index (κ3) is 2.35. The summed E-state index contributed by atoms with van der Waals surface area (Å²) >= 11 is 6.21. The molecule has 0 fully saturated rings. The van der Waals surface area contributed by atoms with E-state index in [0.29, 0.717) is 10.4 Å². The number of nitrogens with zero attached hydrogens (tertiary/aromatic N) is 1. The summed E-state index contributed by atoms with van der Waals surface area (Å²) in [6.07, 6.45) is 0. The summed E-state index contributed by atoms with van der Waals surface area (Å²) in [4.78, 5) is 12.9. The average molecular weight is 299 g/mol. The highest BCUT2D eigenvalue weighted by Gasteiger charge is 2.15. The minimum absolute atomic E-state index is 0.142. The number of hydrogen-bond donors (Lipinski definition) is 1. The highest BCUT2D eigenvalue weighted by molar-refractivity contribution is 6.35. The van der Waals surface area contributed by atoms with Crippen LogP contribution in [0, 0.1) is 0 Å². The second kappa shape index (κ2) is 5.35. The first-order chi connectivity index (χ1) is 10.1. The van der Waals surface area contributed by atoms with Crippen LogP contribution in [-0.2, 0) is 0 Å². The monoisotopic (exact) mass is 298 g/mol. The van der Waals surface area contributed by atoms with Gasteiger partial charge in [-0.3, -0.25) is 9.36 Å². The molecule has 0 amide bonds. The molecule has 21 heavy (non-hydrogen) atoms. The normalized spacial score (nSPS) is 12.5. The van der Waals surface area contributed by atoms with Gasteiger partial charge in [0.1, 0.15) is 0 Å². The van der Waals surface area contributed by atoms with E-state index in [4.69, 9.17) is 17.3 Å². The number of benzene rings is 2. The molecule has 0 bridgehead atoms. The Morgan fingerprint density at radius 2 is 1.81 bits per heavy atom. The fourth-order valence-electron chi connectivity index (χ4n) is 2.52. The molecule has 0 saturated carbocycles. The van der Waals surface area contributed by atoms with Gasteiger partial charge in [0, 0.05) is 17.4 Å². The van der Waals surface area contributed by atoms with Crippen LogP contribution in [0.5, 0.6) is 0 Å². The van der Waals surface area contributed by atoms with Crippen molar-refractivity contribution < 1.29 is 0 Å². The number of fused-ring (bicyclic) bond motifs is 1. The smallest absolute Gasteiger partial charge is 0.264 e. The fourth-order valence-corrected chi connectivity index (χ4v) is 2.78. The molecule has 0 aliphatic heterocycles. The highest BCUT2D eigenvalue weighted by Crippen LogP contribution is 2.24. The third-order valence-electron chi connectivity index (χ3n) is 3.51. The SMILES string of the molecule is CC(N)c1cc2cccc(Cl)c2c(=O)n1-c1ccccc1. The molecule has 3 rings (SSSR count). The van der Waals surface area contributed by atoms with E-state index in [-0.39, 0.29) is 11.6 Å². The minimum Gasteiger partial charge on any atom is -0.323 e. The number of aromatic nitrogens is 1. The van der Waals surface area contributed by atoms with Crippen LogP contribution in [0.25, 0.3) is 16.5 Å². The second-order valence-corrected chi connectivity index (χ2v) is 5.45. The van der Waals surface area contributed by atoms with Crippen LogP contribution in [0.1, 0.15) is 18.7 Å². The van der Waals surface area contributed by atoms with Crippen LogP contribution >= 0.6 is 11.6 Å². The first kappa shape index (κ1) is 13.9. The molecule has 2 aromatic carbocycles. The molecule has 0 spiro atoms. The zero-order valence-electron chi connectivity index (χ0n) is 11.6. The van der Waals surface area contributed by atoms with Crippen molar-refractivity contribution in [2.75, 3.05) is 0 Å². The van der Waals surface area contributed by atoms with Crippen molar-refractivity contribution in [1.82, 2.24) is 4.57 Å². The van der Waals surface area contributed by atoms with Crippen LogP contribution in [-0.4, -0.2) is 4.57 Å². The number of para-hydroxylation sites is 1. The van der Waals surface area contributed by atoms with E-state index >= 15 is 0 Å². The van der Waals surface area contributed by atoms with Crippen molar-refractivity contribution in [2.45, 2.75) is 13.0 Å². The summed E-state index contributed by atoms with van der Waals surface area (Å²) in [6.45, 7) is 1.87. The molecule has 3 aromatic rings. The summed E-state index contributed by atoms with van der Waals surface area (Å²) in [5, 5.41) is 1.79. The van der Waals surface area contributed by atoms with Gasteiger partial charge in [0.15, 0.2) is 0 Å². The van der Waals surface area contributed by atoms with Gasteiger partial charge < -0.3 is 5.73 Å². The number of halogens is 1. The molecule has 0 aliphatic carbocycles. The van der Waals surface area contributed by atoms with E-state index in [2.05, 4.69) is 0 Å². The van der Waals surface area contributed by atoms with Gasteiger partial charge in [0.25, 0.3) is 5.56 Å². The van der Waals surface area contributed by atoms with E-state index in [1.165, 1.54) is 0 Å². The molecule has 0 saturated heterocycles. The standard InChI is InChI=1S/C17H15ClN2O/c1-11(19)15-10-12-6-5-9-14(18)16(12)17(21)20(15)13-7-3-2-4-8-13/h2-11H,19H2,1H3. The molecule has 1 atom stereocenters. The predicted molar refractivity (Wildman–Crippen MR) is 87.2 cm³/mol. The van der Waals surface area contributed by atoms with E-state index < -0.39 is 0 Å². The second-order valence-electron chi connectivity index (χ2n) is 5.04. The van der Waals surface area contributed by atoms with Gasteiger partial charge in [0.05, 0.1) is 10.4 Å². The predicted octanol–water partition coefficient (Wildman–Crippen LogP) is 3.66. The molecular weight excluding hydrogens is 284 g/mol. The number of nitrogens with two attached hydrogens (primary N) is 1. The average Bonchev–Trinajstić information content (AvgIpc) is 2.47. The Morgan fingerprint density at radius 1 is 1.10 bits per heavy atom. The number of hydrogen-bond acceptors (Lipinski definition) is 2. The third-order valence-corrected chi connectivity index (χ3v) is 3.82. The van der Waals surface area contributed by atoms with Gasteiger partial charge in [-0.25, -0.2) is 0 Å². The van der Waals surface area contributed by atoms with Gasteiger partial charge in [-0.05, 0) is 36.6 Å². The Balaban J connectivity index is 2.47. The van der Waals surface area contributed by atoms with Gasteiger partial charge in [-0.2, -0.15) is 0 Å². The van der Waals surface area contributed by atoms with Crippen LogP contribution in [0.15, 0.2) is 59.4 Å². The molecule has 0 aliphatic rings. The highest BCUT2D eigenvalue weighted by atomic mass is 35.5. The van der Waals surface area contributed by atoms with Gasteiger partial charge >= 0.3 is 0 Å². The van der Waals surface area contributed by atoms with Crippen molar-refractivity contribution in [1.29, 1.82) is 0 Å². The molecule has 1 aromatic heterocycles. The first-order valence-corrected chi connectivity index (χ1v) is 7.12. The summed E-state index contributed by atoms with van der Waals surface area (Å²) in [5.41, 5.74) is 7.47.